The van der Waals surface area contributed by atoms with E-state index in [4.69, 9.17) is 9.47 Å². The minimum absolute atomic E-state index is 0.0222. The van der Waals surface area contributed by atoms with Crippen molar-refractivity contribution in [1.29, 1.82) is 0 Å². The second kappa shape index (κ2) is 7.67. The lowest BCUT2D eigenvalue weighted by atomic mass is 9.87. The number of fused-ring (bicyclic) bond motifs is 1. The van der Waals surface area contributed by atoms with Crippen LogP contribution < -0.4 is 14.8 Å². The molecule has 0 spiro atoms. The summed E-state index contributed by atoms with van der Waals surface area (Å²) in [5.74, 6) is -2.46. The molecule has 1 aromatic heterocycles. The van der Waals surface area contributed by atoms with Crippen LogP contribution in [0.25, 0.3) is 5.69 Å². The standard InChI is InChI=1S/C22H19FN2O6/c1-30-16-7-11(8-17(31-2)21(16)27)14-9-18(26)24-19-15(22(28)29)10-25(20(14)19)13-5-3-12(23)4-6-13/h3-8,10,14,27H,9H2,1-2H3,(H,24,26)(H,28,29). The van der Waals surface area contributed by atoms with Crippen LogP contribution in [0.15, 0.2) is 42.6 Å². The molecule has 0 fully saturated rings. The van der Waals surface area contributed by atoms with Crippen molar-refractivity contribution in [2.45, 2.75) is 12.3 Å². The molecule has 0 bridgehead atoms. The van der Waals surface area contributed by atoms with Crippen LogP contribution in [0.5, 0.6) is 17.2 Å². The zero-order valence-corrected chi connectivity index (χ0v) is 16.7. The molecule has 1 atom stereocenters. The maximum absolute atomic E-state index is 13.5. The maximum Gasteiger partial charge on any atom is 0.339 e. The van der Waals surface area contributed by atoms with E-state index in [0.29, 0.717) is 16.9 Å². The lowest BCUT2D eigenvalue weighted by Crippen LogP contribution is -2.25. The lowest BCUT2D eigenvalue weighted by Gasteiger charge is -2.27. The van der Waals surface area contributed by atoms with Crippen molar-refractivity contribution in [3.63, 3.8) is 0 Å². The van der Waals surface area contributed by atoms with E-state index >= 15 is 0 Å². The molecule has 1 aliphatic heterocycles. The van der Waals surface area contributed by atoms with Crippen LogP contribution in [-0.4, -0.2) is 40.9 Å². The van der Waals surface area contributed by atoms with Crippen LogP contribution in [0, 0.1) is 5.82 Å². The van der Waals surface area contributed by atoms with Gasteiger partial charge >= 0.3 is 5.97 Å². The molecular weight excluding hydrogens is 407 g/mol. The highest BCUT2D eigenvalue weighted by Gasteiger charge is 2.35. The van der Waals surface area contributed by atoms with E-state index < -0.39 is 17.7 Å². The molecule has 0 aliphatic carbocycles. The van der Waals surface area contributed by atoms with Gasteiger partial charge in [-0.05, 0) is 42.0 Å². The molecule has 31 heavy (non-hydrogen) atoms. The van der Waals surface area contributed by atoms with Gasteiger partial charge in [0.2, 0.25) is 11.7 Å². The van der Waals surface area contributed by atoms with Crippen molar-refractivity contribution in [1.82, 2.24) is 4.57 Å². The molecule has 8 nitrogen and oxygen atoms in total. The van der Waals surface area contributed by atoms with Gasteiger partial charge < -0.3 is 29.6 Å². The summed E-state index contributed by atoms with van der Waals surface area (Å²) in [5.41, 5.74) is 1.71. The zero-order chi connectivity index (χ0) is 22.3. The second-order valence-corrected chi connectivity index (χ2v) is 7.03. The van der Waals surface area contributed by atoms with Crippen molar-refractivity contribution in [2.24, 2.45) is 0 Å². The summed E-state index contributed by atoms with van der Waals surface area (Å²) < 4.78 is 25.5. The number of halogens is 1. The minimum atomic E-state index is -1.21. The molecule has 4 rings (SSSR count). The fraction of sp³-hybridized carbons (Fsp3) is 0.182. The van der Waals surface area contributed by atoms with E-state index in [-0.39, 0.29) is 40.8 Å². The van der Waals surface area contributed by atoms with Gasteiger partial charge in [-0.3, -0.25) is 4.79 Å². The molecule has 0 radical (unpaired) electrons. The minimum Gasteiger partial charge on any atom is -0.502 e. The first-order valence-electron chi connectivity index (χ1n) is 9.33. The molecule has 0 saturated carbocycles. The Bertz CT molecular complexity index is 1160. The number of carbonyl (C=O) groups excluding carboxylic acids is 1. The fourth-order valence-electron chi connectivity index (χ4n) is 3.84. The van der Waals surface area contributed by atoms with E-state index in [1.165, 1.54) is 44.7 Å². The number of ether oxygens (including phenoxy) is 2. The number of nitrogens with zero attached hydrogens (tertiary/aromatic N) is 1. The third kappa shape index (κ3) is 3.43. The average molecular weight is 426 g/mol. The molecule has 3 aromatic rings. The highest BCUT2D eigenvalue weighted by molar-refractivity contribution is 6.04. The maximum atomic E-state index is 13.5. The van der Waals surface area contributed by atoms with Gasteiger partial charge in [-0.2, -0.15) is 0 Å². The first-order valence-corrected chi connectivity index (χ1v) is 9.33. The van der Waals surface area contributed by atoms with Gasteiger partial charge in [-0.1, -0.05) is 0 Å². The number of carbonyl (C=O) groups is 2. The summed E-state index contributed by atoms with van der Waals surface area (Å²) in [6.07, 6.45) is 1.42. The Balaban J connectivity index is 1.98. The SMILES string of the molecule is COc1cc(C2CC(=O)Nc3c(C(=O)O)cn(-c4ccc(F)cc4)c32)cc(OC)c1O. The van der Waals surface area contributed by atoms with Crippen LogP contribution in [0.3, 0.4) is 0 Å². The Labute approximate surface area is 176 Å². The van der Waals surface area contributed by atoms with Gasteiger partial charge in [-0.15, -0.1) is 0 Å². The Hall–Kier alpha value is -4.01. The summed E-state index contributed by atoms with van der Waals surface area (Å²) in [4.78, 5) is 24.3. The van der Waals surface area contributed by atoms with Gasteiger partial charge in [0.05, 0.1) is 25.6 Å². The van der Waals surface area contributed by atoms with Gasteiger partial charge in [-0.25, -0.2) is 9.18 Å². The molecule has 1 amide bonds. The van der Waals surface area contributed by atoms with Crippen molar-refractivity contribution in [2.75, 3.05) is 19.5 Å². The number of aromatic hydroxyl groups is 1. The number of phenolic OH excluding ortho intramolecular Hbond substituents is 1. The molecule has 2 heterocycles. The number of phenols is 1. The molecule has 160 valence electrons. The van der Waals surface area contributed by atoms with Gasteiger partial charge in [0, 0.05) is 24.2 Å². The van der Waals surface area contributed by atoms with E-state index in [1.807, 2.05) is 0 Å². The van der Waals surface area contributed by atoms with E-state index in [9.17, 15) is 24.2 Å². The molecule has 1 aliphatic rings. The summed E-state index contributed by atoms with van der Waals surface area (Å²) in [7, 11) is 2.78. The molecule has 9 heteroatoms. The number of benzene rings is 2. The summed E-state index contributed by atoms with van der Waals surface area (Å²) in [6.45, 7) is 0. The number of rotatable bonds is 5. The predicted molar refractivity (Wildman–Crippen MR) is 109 cm³/mol. The molecule has 2 aromatic carbocycles. The van der Waals surface area contributed by atoms with Crippen LogP contribution in [0.2, 0.25) is 0 Å². The molecular formula is C22H19FN2O6. The topological polar surface area (TPSA) is 110 Å². The van der Waals surface area contributed by atoms with E-state index in [0.717, 1.165) is 0 Å². The van der Waals surface area contributed by atoms with Gasteiger partial charge in [0.15, 0.2) is 11.5 Å². The fourth-order valence-corrected chi connectivity index (χ4v) is 3.84. The van der Waals surface area contributed by atoms with Gasteiger partial charge in [0.25, 0.3) is 0 Å². The van der Waals surface area contributed by atoms with Gasteiger partial charge in [0.1, 0.15) is 11.4 Å². The Kier molecular flexibility index (Phi) is 5.02. The van der Waals surface area contributed by atoms with Crippen LogP contribution >= 0.6 is 0 Å². The number of carboxylic acids is 1. The monoisotopic (exact) mass is 426 g/mol. The van der Waals surface area contributed by atoms with Crippen LogP contribution in [0.4, 0.5) is 10.1 Å². The average Bonchev–Trinajstić information content (AvgIpc) is 3.13. The van der Waals surface area contributed by atoms with E-state index in [2.05, 4.69) is 5.32 Å². The van der Waals surface area contributed by atoms with Crippen LogP contribution in [0.1, 0.15) is 34.0 Å². The second-order valence-electron chi connectivity index (χ2n) is 7.03. The number of methoxy groups -OCH3 is 2. The Morgan fingerprint density at radius 3 is 2.32 bits per heavy atom. The van der Waals surface area contributed by atoms with Crippen molar-refractivity contribution < 1.29 is 33.7 Å². The largest absolute Gasteiger partial charge is 0.502 e. The summed E-state index contributed by atoms with van der Waals surface area (Å²) in [5, 5.41) is 22.6. The highest BCUT2D eigenvalue weighted by Crippen LogP contribution is 2.46. The van der Waals surface area contributed by atoms with E-state index in [1.54, 1.807) is 16.7 Å². The molecule has 0 saturated heterocycles. The van der Waals surface area contributed by atoms with Crippen molar-refractivity contribution >= 4 is 17.6 Å². The van der Waals surface area contributed by atoms with Crippen molar-refractivity contribution in [3.8, 4) is 22.9 Å². The zero-order valence-electron chi connectivity index (χ0n) is 16.7. The number of carboxylic acid groups (broad SMARTS) is 1. The summed E-state index contributed by atoms with van der Waals surface area (Å²) in [6, 6.07) is 8.73. The number of hydrogen-bond acceptors (Lipinski definition) is 5. The number of amides is 1. The Morgan fingerprint density at radius 1 is 1.16 bits per heavy atom. The number of anilines is 1. The third-order valence-electron chi connectivity index (χ3n) is 5.27. The smallest absolute Gasteiger partial charge is 0.339 e. The number of nitrogens with one attached hydrogen (secondary N) is 1. The summed E-state index contributed by atoms with van der Waals surface area (Å²) >= 11 is 0. The highest BCUT2D eigenvalue weighted by atomic mass is 19.1. The lowest BCUT2D eigenvalue weighted by molar-refractivity contribution is -0.116. The number of hydrogen-bond donors (Lipinski definition) is 3. The number of aromatic nitrogens is 1. The third-order valence-corrected chi connectivity index (χ3v) is 5.27. The Morgan fingerprint density at radius 2 is 1.77 bits per heavy atom. The first-order chi connectivity index (χ1) is 14.8. The van der Waals surface area contributed by atoms with Crippen molar-refractivity contribution in [3.05, 3.63) is 65.2 Å². The first kappa shape index (κ1) is 20.3. The molecule has 3 N–H and O–H groups in total. The van der Waals surface area contributed by atoms with Crippen LogP contribution in [-0.2, 0) is 4.79 Å². The predicted octanol–water partition coefficient (Wildman–Crippen LogP) is 3.51. The quantitative estimate of drug-likeness (QED) is 0.576. The molecule has 1 unspecified atom stereocenters. The number of aromatic carboxylic acids is 1. The normalized spacial score (nSPS) is 15.2.